The van der Waals surface area contributed by atoms with E-state index in [0.717, 1.165) is 14.2 Å². The molecule has 0 aromatic carbocycles. The second kappa shape index (κ2) is 10.4. The molecule has 4 atom stereocenters. The van der Waals surface area contributed by atoms with E-state index in [1.165, 1.54) is 20.8 Å². The van der Waals surface area contributed by atoms with Crippen LogP contribution in [0.2, 0.25) is 0 Å². The zero-order chi connectivity index (χ0) is 25.9. The van der Waals surface area contributed by atoms with Crippen LogP contribution in [-0.4, -0.2) is 85.5 Å². The molecule has 34 heavy (non-hydrogen) atoms. The quantitative estimate of drug-likeness (QED) is 0.536. The third kappa shape index (κ3) is 6.30. The summed E-state index contributed by atoms with van der Waals surface area (Å²) in [7, 11) is 1.94. The second-order valence-electron chi connectivity index (χ2n) is 9.47. The van der Waals surface area contributed by atoms with E-state index < -0.39 is 66.3 Å². The summed E-state index contributed by atoms with van der Waals surface area (Å²) in [6, 6.07) is -2.93. The number of nitrogens with one attached hydrogen (secondary N) is 2. The third-order valence-corrected chi connectivity index (χ3v) is 5.88. The van der Waals surface area contributed by atoms with E-state index in [1.807, 2.05) is 0 Å². The fourth-order valence-corrected chi connectivity index (χ4v) is 4.06. The summed E-state index contributed by atoms with van der Waals surface area (Å²) in [5.74, 6) is -2.75. The third-order valence-electron chi connectivity index (χ3n) is 5.88. The molecule has 2 saturated heterocycles. The van der Waals surface area contributed by atoms with Crippen LogP contribution in [0, 0.1) is 5.92 Å². The van der Waals surface area contributed by atoms with Gasteiger partial charge in [0.15, 0.2) is 5.60 Å². The molecule has 10 nitrogen and oxygen atoms in total. The van der Waals surface area contributed by atoms with Gasteiger partial charge in [-0.3, -0.25) is 14.5 Å². The summed E-state index contributed by atoms with van der Waals surface area (Å²) in [6.07, 6.45) is -5.86. The van der Waals surface area contributed by atoms with Crippen molar-refractivity contribution < 1.29 is 46.6 Å². The van der Waals surface area contributed by atoms with Gasteiger partial charge in [-0.25, -0.2) is 9.59 Å². The minimum absolute atomic E-state index is 0.0991. The number of hydrogen-bond acceptors (Lipinski definition) is 7. The molecule has 0 spiro atoms. The van der Waals surface area contributed by atoms with Crippen LogP contribution < -0.4 is 10.6 Å². The van der Waals surface area contributed by atoms with Crippen LogP contribution in [0.25, 0.3) is 0 Å². The predicted octanol–water partition coefficient (Wildman–Crippen LogP) is 1.52. The molecule has 2 rings (SSSR count). The van der Waals surface area contributed by atoms with E-state index >= 15 is 0 Å². The Morgan fingerprint density at radius 2 is 1.88 bits per heavy atom. The highest BCUT2D eigenvalue weighted by Gasteiger charge is 2.64. The number of rotatable bonds is 6. The van der Waals surface area contributed by atoms with Crippen molar-refractivity contribution in [2.75, 3.05) is 27.3 Å². The number of carbonyl (C=O) groups excluding carboxylic acids is 4. The Morgan fingerprint density at radius 3 is 2.38 bits per heavy atom. The summed E-state index contributed by atoms with van der Waals surface area (Å²) in [5, 5.41) is 5.04. The number of ether oxygens (including phenoxy) is 3. The Balaban J connectivity index is 2.30. The van der Waals surface area contributed by atoms with Crippen LogP contribution in [0.15, 0.2) is 0 Å². The lowest BCUT2D eigenvalue weighted by molar-refractivity contribution is -0.263. The highest BCUT2D eigenvalue weighted by molar-refractivity contribution is 5.91. The number of amides is 3. The standard InChI is InChI=1S/C21H32F3N3O7/c1-19(2,3)34-18(31)27-11-20(33-5,21(22,23)24)10-14(27)16(29)26-13(17(30)32-4)9-12-7-6-8-25-15(12)28/h12-14H,6-11H2,1-5H3,(H,25,28)(H,26,29)/t12-,13-,14-,20-/m0/s1. The number of methoxy groups -OCH3 is 2. The lowest BCUT2D eigenvalue weighted by atomic mass is 9.91. The molecule has 13 heteroatoms. The normalized spacial score (nSPS) is 26.5. The van der Waals surface area contributed by atoms with Gasteiger partial charge in [0.25, 0.3) is 0 Å². The van der Waals surface area contributed by atoms with Gasteiger partial charge < -0.3 is 24.8 Å². The smallest absolute Gasteiger partial charge is 0.419 e. The molecule has 0 aromatic rings. The zero-order valence-electron chi connectivity index (χ0n) is 19.9. The average molecular weight is 495 g/mol. The van der Waals surface area contributed by atoms with Gasteiger partial charge in [0, 0.05) is 26.0 Å². The van der Waals surface area contributed by atoms with E-state index in [9.17, 15) is 32.3 Å². The lowest BCUT2D eigenvalue weighted by Gasteiger charge is -2.30. The molecule has 2 aliphatic heterocycles. The number of halogens is 3. The summed E-state index contributed by atoms with van der Waals surface area (Å²) in [5.41, 5.74) is -3.83. The van der Waals surface area contributed by atoms with Crippen LogP contribution >= 0.6 is 0 Å². The van der Waals surface area contributed by atoms with E-state index in [1.54, 1.807) is 0 Å². The van der Waals surface area contributed by atoms with Gasteiger partial charge in [0.2, 0.25) is 11.8 Å². The monoisotopic (exact) mass is 495 g/mol. The fraction of sp³-hybridized carbons (Fsp3) is 0.810. The Morgan fingerprint density at radius 1 is 1.24 bits per heavy atom. The summed E-state index contributed by atoms with van der Waals surface area (Å²) < 4.78 is 56.3. The van der Waals surface area contributed by atoms with Gasteiger partial charge in [-0.05, 0) is 40.0 Å². The minimum atomic E-state index is -4.89. The van der Waals surface area contributed by atoms with Crippen LogP contribution in [0.5, 0.6) is 0 Å². The zero-order valence-corrected chi connectivity index (χ0v) is 19.9. The van der Waals surface area contributed by atoms with Crippen molar-refractivity contribution in [2.24, 2.45) is 5.92 Å². The van der Waals surface area contributed by atoms with Gasteiger partial charge in [-0.15, -0.1) is 0 Å². The molecule has 2 aliphatic rings. The maximum atomic E-state index is 13.9. The number of nitrogens with zero attached hydrogens (tertiary/aromatic N) is 1. The number of piperidine rings is 1. The number of esters is 1. The average Bonchev–Trinajstić information content (AvgIpc) is 3.15. The summed E-state index contributed by atoms with van der Waals surface area (Å²) >= 11 is 0. The van der Waals surface area contributed by atoms with Crippen molar-refractivity contribution in [1.82, 2.24) is 15.5 Å². The highest BCUT2D eigenvalue weighted by atomic mass is 19.4. The van der Waals surface area contributed by atoms with Crippen molar-refractivity contribution in [2.45, 2.75) is 75.9 Å². The van der Waals surface area contributed by atoms with E-state index in [4.69, 9.17) is 14.2 Å². The molecule has 0 saturated carbocycles. The van der Waals surface area contributed by atoms with Crippen LogP contribution in [0.3, 0.4) is 0 Å². The first-order chi connectivity index (χ1) is 15.6. The maximum Gasteiger partial charge on any atom is 0.419 e. The first kappa shape index (κ1) is 27.7. The number of hydrogen-bond donors (Lipinski definition) is 2. The molecular formula is C21H32F3N3O7. The van der Waals surface area contributed by atoms with Gasteiger partial charge in [-0.1, -0.05) is 0 Å². The molecular weight excluding hydrogens is 463 g/mol. The SMILES string of the molecule is COC(=O)[C@H](C[C@@H]1CCCNC1=O)NC(=O)[C@@H]1C[C@@](OC)(C(F)(F)F)CN1C(=O)OC(C)(C)C. The summed E-state index contributed by atoms with van der Waals surface area (Å²) in [4.78, 5) is 50.9. The van der Waals surface area contributed by atoms with Crippen molar-refractivity contribution in [3.63, 3.8) is 0 Å². The largest absolute Gasteiger partial charge is 0.467 e. The highest BCUT2D eigenvalue weighted by Crippen LogP contribution is 2.43. The van der Waals surface area contributed by atoms with Crippen molar-refractivity contribution in [3.8, 4) is 0 Å². The Bertz CT molecular complexity index is 799. The second-order valence-corrected chi connectivity index (χ2v) is 9.47. The minimum Gasteiger partial charge on any atom is -0.467 e. The molecule has 0 aliphatic carbocycles. The topological polar surface area (TPSA) is 123 Å². The van der Waals surface area contributed by atoms with E-state index in [0.29, 0.717) is 24.3 Å². The van der Waals surface area contributed by atoms with Crippen molar-refractivity contribution in [1.29, 1.82) is 0 Å². The molecule has 0 bridgehead atoms. The van der Waals surface area contributed by atoms with Crippen LogP contribution in [0.1, 0.15) is 46.5 Å². The van der Waals surface area contributed by atoms with E-state index in [-0.39, 0.29) is 12.3 Å². The molecule has 0 unspecified atom stereocenters. The maximum absolute atomic E-state index is 13.9. The Kier molecular flexibility index (Phi) is 8.43. The predicted molar refractivity (Wildman–Crippen MR) is 111 cm³/mol. The van der Waals surface area contributed by atoms with Crippen LogP contribution in [0.4, 0.5) is 18.0 Å². The van der Waals surface area contributed by atoms with Crippen molar-refractivity contribution >= 4 is 23.9 Å². The first-order valence-electron chi connectivity index (χ1n) is 10.9. The fourth-order valence-electron chi connectivity index (χ4n) is 4.06. The first-order valence-corrected chi connectivity index (χ1v) is 10.9. The molecule has 3 amide bonds. The lowest BCUT2D eigenvalue weighted by Crippen LogP contribution is -2.53. The van der Waals surface area contributed by atoms with Gasteiger partial charge in [-0.2, -0.15) is 13.2 Å². The Hall–Kier alpha value is -2.57. The van der Waals surface area contributed by atoms with E-state index in [2.05, 4.69) is 10.6 Å². The Labute approximate surface area is 195 Å². The molecule has 2 N–H and O–H groups in total. The molecule has 0 radical (unpaired) electrons. The van der Waals surface area contributed by atoms with Crippen molar-refractivity contribution in [3.05, 3.63) is 0 Å². The molecule has 2 heterocycles. The van der Waals surface area contributed by atoms with Gasteiger partial charge >= 0.3 is 18.2 Å². The number of carbonyl (C=O) groups is 4. The van der Waals surface area contributed by atoms with Gasteiger partial charge in [0.05, 0.1) is 13.7 Å². The molecule has 194 valence electrons. The number of likely N-dealkylation sites (tertiary alicyclic amines) is 1. The molecule has 0 aromatic heterocycles. The molecule has 2 fully saturated rings. The van der Waals surface area contributed by atoms with Crippen LogP contribution in [-0.2, 0) is 28.6 Å². The number of alkyl halides is 3. The van der Waals surface area contributed by atoms with Gasteiger partial charge in [0.1, 0.15) is 17.7 Å². The summed E-state index contributed by atoms with van der Waals surface area (Å²) in [6.45, 7) is 4.13.